The standard InChI is InChI=1S/C9H18NO/c1-3-7-10-11-8(2)9-5-4-6-9/h8-10H,2-7H2,1H3. The third-order valence-corrected chi connectivity index (χ3v) is 2.26. The molecule has 2 nitrogen and oxygen atoms in total. The lowest BCUT2D eigenvalue weighted by Crippen LogP contribution is -2.32. The van der Waals surface area contributed by atoms with Gasteiger partial charge in [0.2, 0.25) is 0 Å². The fraction of sp³-hybridized carbons (Fsp3) is 0.889. The van der Waals surface area contributed by atoms with E-state index < -0.39 is 0 Å². The van der Waals surface area contributed by atoms with E-state index in [1.54, 1.807) is 0 Å². The molecule has 0 aliphatic heterocycles. The molecule has 1 rings (SSSR count). The highest BCUT2D eigenvalue weighted by molar-refractivity contribution is 4.79. The van der Waals surface area contributed by atoms with E-state index in [-0.39, 0.29) is 6.10 Å². The predicted octanol–water partition coefficient (Wildman–Crippen LogP) is 1.92. The fourth-order valence-electron chi connectivity index (χ4n) is 1.18. The van der Waals surface area contributed by atoms with Crippen LogP contribution < -0.4 is 5.48 Å². The Bertz CT molecular complexity index is 102. The van der Waals surface area contributed by atoms with Gasteiger partial charge in [0.15, 0.2) is 0 Å². The maximum absolute atomic E-state index is 5.33. The van der Waals surface area contributed by atoms with Crippen LogP contribution in [0.15, 0.2) is 0 Å². The Kier molecular flexibility index (Phi) is 3.87. The average molecular weight is 156 g/mol. The van der Waals surface area contributed by atoms with E-state index in [0.717, 1.165) is 13.0 Å². The largest absolute Gasteiger partial charge is 0.298 e. The van der Waals surface area contributed by atoms with Gasteiger partial charge in [-0.25, -0.2) is 5.48 Å². The van der Waals surface area contributed by atoms with Gasteiger partial charge in [-0.05, 0) is 32.1 Å². The van der Waals surface area contributed by atoms with Crippen molar-refractivity contribution in [3.8, 4) is 0 Å². The summed E-state index contributed by atoms with van der Waals surface area (Å²) in [6.45, 7) is 7.00. The zero-order valence-corrected chi connectivity index (χ0v) is 7.31. The zero-order valence-electron chi connectivity index (χ0n) is 7.31. The van der Waals surface area contributed by atoms with Gasteiger partial charge in [-0.2, -0.15) is 0 Å². The summed E-state index contributed by atoms with van der Waals surface area (Å²) in [5.74, 6) is 0.708. The lowest BCUT2D eigenvalue weighted by Gasteiger charge is -2.30. The molecule has 2 heteroatoms. The Balaban J connectivity index is 1.96. The molecule has 1 atom stereocenters. The summed E-state index contributed by atoms with van der Waals surface area (Å²) < 4.78 is 0. The summed E-state index contributed by atoms with van der Waals surface area (Å²) in [6.07, 6.45) is 5.21. The first-order valence-electron chi connectivity index (χ1n) is 4.56. The van der Waals surface area contributed by atoms with E-state index in [1.807, 2.05) is 0 Å². The molecule has 0 amide bonds. The van der Waals surface area contributed by atoms with Crippen molar-refractivity contribution < 1.29 is 4.84 Å². The highest BCUT2D eigenvalue weighted by Gasteiger charge is 2.24. The molecule has 11 heavy (non-hydrogen) atoms. The van der Waals surface area contributed by atoms with Crippen LogP contribution in [0.3, 0.4) is 0 Å². The minimum Gasteiger partial charge on any atom is -0.298 e. The van der Waals surface area contributed by atoms with Crippen LogP contribution in [0.1, 0.15) is 32.6 Å². The second-order valence-electron chi connectivity index (χ2n) is 3.24. The molecule has 1 fully saturated rings. The first-order valence-corrected chi connectivity index (χ1v) is 4.56. The summed E-state index contributed by atoms with van der Waals surface area (Å²) in [5, 5.41) is 0. The molecule has 0 spiro atoms. The molecule has 65 valence electrons. The van der Waals surface area contributed by atoms with E-state index >= 15 is 0 Å². The Morgan fingerprint density at radius 2 is 2.36 bits per heavy atom. The molecule has 1 saturated carbocycles. The summed E-state index contributed by atoms with van der Waals surface area (Å²) >= 11 is 0. The number of hydrogen-bond acceptors (Lipinski definition) is 2. The summed E-state index contributed by atoms with van der Waals surface area (Å²) in [6, 6.07) is 0. The predicted molar refractivity (Wildman–Crippen MR) is 45.9 cm³/mol. The van der Waals surface area contributed by atoms with Gasteiger partial charge in [0.25, 0.3) is 0 Å². The quantitative estimate of drug-likeness (QED) is 0.485. The van der Waals surface area contributed by atoms with Crippen molar-refractivity contribution in [2.45, 2.75) is 38.7 Å². The maximum Gasteiger partial charge on any atom is 0.0819 e. The molecular weight excluding hydrogens is 138 g/mol. The van der Waals surface area contributed by atoms with Crippen LogP contribution in [-0.2, 0) is 4.84 Å². The lowest BCUT2D eigenvalue weighted by molar-refractivity contribution is -0.0477. The van der Waals surface area contributed by atoms with Crippen molar-refractivity contribution in [1.82, 2.24) is 5.48 Å². The Morgan fingerprint density at radius 1 is 1.64 bits per heavy atom. The molecule has 1 aliphatic rings. The number of rotatable bonds is 5. The van der Waals surface area contributed by atoms with Gasteiger partial charge in [0, 0.05) is 6.54 Å². The Morgan fingerprint density at radius 3 is 2.82 bits per heavy atom. The summed E-state index contributed by atoms with van der Waals surface area (Å²) in [5.41, 5.74) is 2.92. The van der Waals surface area contributed by atoms with Crippen LogP contribution in [0.5, 0.6) is 0 Å². The van der Waals surface area contributed by atoms with Gasteiger partial charge in [-0.1, -0.05) is 13.3 Å². The molecule has 0 heterocycles. The summed E-state index contributed by atoms with van der Waals surface area (Å²) in [4.78, 5) is 5.33. The molecule has 0 bridgehead atoms. The minimum absolute atomic E-state index is 0.162. The van der Waals surface area contributed by atoms with Crippen molar-refractivity contribution >= 4 is 0 Å². The summed E-state index contributed by atoms with van der Waals surface area (Å²) in [7, 11) is 0. The van der Waals surface area contributed by atoms with E-state index in [0.29, 0.717) is 5.92 Å². The molecule has 1 unspecified atom stereocenters. The minimum atomic E-state index is 0.162. The van der Waals surface area contributed by atoms with Crippen LogP contribution in [-0.4, -0.2) is 12.6 Å². The van der Waals surface area contributed by atoms with Crippen molar-refractivity contribution in [3.63, 3.8) is 0 Å². The Hall–Kier alpha value is -0.0800. The van der Waals surface area contributed by atoms with Crippen LogP contribution >= 0.6 is 0 Å². The second-order valence-corrected chi connectivity index (χ2v) is 3.24. The normalized spacial score (nSPS) is 21.3. The molecule has 0 aromatic carbocycles. The molecule has 0 aromatic heterocycles. The molecule has 1 aliphatic carbocycles. The van der Waals surface area contributed by atoms with Gasteiger partial charge >= 0.3 is 0 Å². The lowest BCUT2D eigenvalue weighted by atomic mass is 9.82. The molecule has 1 radical (unpaired) electrons. The van der Waals surface area contributed by atoms with Gasteiger partial charge < -0.3 is 0 Å². The topological polar surface area (TPSA) is 21.3 Å². The van der Waals surface area contributed by atoms with Crippen LogP contribution in [0.4, 0.5) is 0 Å². The monoisotopic (exact) mass is 156 g/mol. The van der Waals surface area contributed by atoms with Crippen molar-refractivity contribution in [3.05, 3.63) is 6.92 Å². The van der Waals surface area contributed by atoms with Gasteiger partial charge in [0.1, 0.15) is 0 Å². The van der Waals surface area contributed by atoms with E-state index in [1.165, 1.54) is 19.3 Å². The number of hydrogen-bond donors (Lipinski definition) is 1. The maximum atomic E-state index is 5.33. The van der Waals surface area contributed by atoms with Crippen molar-refractivity contribution in [1.29, 1.82) is 0 Å². The number of hydroxylamine groups is 1. The number of nitrogens with one attached hydrogen (secondary N) is 1. The average Bonchev–Trinajstić information content (AvgIpc) is 1.84. The second kappa shape index (κ2) is 4.73. The highest BCUT2D eigenvalue weighted by atomic mass is 16.7. The zero-order chi connectivity index (χ0) is 8.10. The first kappa shape index (κ1) is 9.01. The van der Waals surface area contributed by atoms with Crippen LogP contribution in [0.25, 0.3) is 0 Å². The molecule has 1 N–H and O–H groups in total. The fourth-order valence-corrected chi connectivity index (χ4v) is 1.18. The van der Waals surface area contributed by atoms with E-state index in [2.05, 4.69) is 19.3 Å². The van der Waals surface area contributed by atoms with Crippen LogP contribution in [0.2, 0.25) is 0 Å². The van der Waals surface area contributed by atoms with E-state index in [9.17, 15) is 0 Å². The molecular formula is C9H18NO. The van der Waals surface area contributed by atoms with Gasteiger partial charge in [-0.15, -0.1) is 0 Å². The van der Waals surface area contributed by atoms with Crippen LogP contribution in [0, 0.1) is 12.8 Å². The van der Waals surface area contributed by atoms with Gasteiger partial charge in [-0.3, -0.25) is 4.84 Å². The third kappa shape index (κ3) is 2.80. The molecule has 0 saturated heterocycles. The SMILES string of the molecule is [CH2]C(ONCCC)C1CCC1. The first-order chi connectivity index (χ1) is 5.34. The smallest absolute Gasteiger partial charge is 0.0819 e. The van der Waals surface area contributed by atoms with E-state index in [4.69, 9.17) is 4.84 Å². The van der Waals surface area contributed by atoms with Crippen molar-refractivity contribution in [2.75, 3.05) is 6.54 Å². The third-order valence-electron chi connectivity index (χ3n) is 2.26. The Labute approximate surface area is 69.3 Å². The highest BCUT2D eigenvalue weighted by Crippen LogP contribution is 2.30. The van der Waals surface area contributed by atoms with Crippen molar-refractivity contribution in [2.24, 2.45) is 5.92 Å². The molecule has 0 aromatic rings. The van der Waals surface area contributed by atoms with Gasteiger partial charge in [0.05, 0.1) is 6.10 Å².